The highest BCUT2D eigenvalue weighted by atomic mass is 16.6. The van der Waals surface area contributed by atoms with Crippen molar-refractivity contribution in [1.82, 2.24) is 14.7 Å². The fourth-order valence-electron chi connectivity index (χ4n) is 5.21. The summed E-state index contributed by atoms with van der Waals surface area (Å²) in [6, 6.07) is 6.15. The highest BCUT2D eigenvalue weighted by Gasteiger charge is 2.34. The Hall–Kier alpha value is -2.48. The molecule has 5 rings (SSSR count). The second-order valence-corrected chi connectivity index (χ2v) is 8.89. The molecule has 0 unspecified atom stereocenters. The van der Waals surface area contributed by atoms with E-state index in [2.05, 4.69) is 4.90 Å². The van der Waals surface area contributed by atoms with Gasteiger partial charge in [-0.25, -0.2) is 4.79 Å². The Morgan fingerprint density at radius 3 is 2.42 bits per heavy atom. The maximum absolute atomic E-state index is 13.0. The second-order valence-electron chi connectivity index (χ2n) is 8.89. The molecule has 0 radical (unpaired) electrons. The van der Waals surface area contributed by atoms with E-state index in [1.165, 1.54) is 32.1 Å². The molecule has 168 valence electrons. The maximum Gasteiger partial charge on any atom is 0.325 e. The Labute approximate surface area is 183 Å². The van der Waals surface area contributed by atoms with E-state index in [0.29, 0.717) is 43.8 Å². The van der Waals surface area contributed by atoms with E-state index in [1.54, 1.807) is 9.80 Å². The van der Waals surface area contributed by atoms with Gasteiger partial charge in [-0.3, -0.25) is 14.6 Å². The Balaban J connectivity index is 1.14. The van der Waals surface area contributed by atoms with E-state index in [-0.39, 0.29) is 18.5 Å². The predicted octanol–water partition coefficient (Wildman–Crippen LogP) is 2.18. The van der Waals surface area contributed by atoms with Gasteiger partial charge in [0.2, 0.25) is 5.91 Å². The SMILES string of the molecule is O=C(CN1CCN(c2ccc3c(c2)OCCO3)C1=O)N1CCN(C2CCCCC2)CC1. The molecule has 0 aromatic heterocycles. The van der Waals surface area contributed by atoms with Crippen LogP contribution in [-0.4, -0.2) is 91.7 Å². The number of carbonyl (C=O) groups is 2. The molecule has 0 atom stereocenters. The largest absolute Gasteiger partial charge is 0.486 e. The molecular formula is C23H32N4O4. The van der Waals surface area contributed by atoms with Crippen LogP contribution in [0, 0.1) is 0 Å². The number of anilines is 1. The van der Waals surface area contributed by atoms with Gasteiger partial charge in [-0.2, -0.15) is 0 Å². The maximum atomic E-state index is 13.0. The third-order valence-corrected chi connectivity index (χ3v) is 7.02. The van der Waals surface area contributed by atoms with E-state index in [4.69, 9.17) is 9.47 Å². The minimum atomic E-state index is -0.120. The minimum absolute atomic E-state index is 0.0562. The lowest BCUT2D eigenvalue weighted by atomic mass is 9.94. The first-order valence-corrected chi connectivity index (χ1v) is 11.7. The topological polar surface area (TPSA) is 65.6 Å². The molecule has 31 heavy (non-hydrogen) atoms. The van der Waals surface area contributed by atoms with Crippen molar-refractivity contribution in [3.05, 3.63) is 18.2 Å². The number of hydrogen-bond acceptors (Lipinski definition) is 5. The zero-order chi connectivity index (χ0) is 21.2. The van der Waals surface area contributed by atoms with Crippen molar-refractivity contribution in [1.29, 1.82) is 0 Å². The van der Waals surface area contributed by atoms with Crippen LogP contribution in [0.25, 0.3) is 0 Å². The molecule has 3 fully saturated rings. The van der Waals surface area contributed by atoms with Crippen LogP contribution in [0.5, 0.6) is 11.5 Å². The summed E-state index contributed by atoms with van der Waals surface area (Å²) in [6.45, 7) is 5.78. The number of piperazine rings is 1. The number of nitrogens with zero attached hydrogens (tertiary/aromatic N) is 4. The standard InChI is InChI=1S/C23H32N4O4/c28-22(25-10-8-24(9-11-25)18-4-2-1-3-5-18)17-26-12-13-27(23(26)29)19-6-7-20-21(16-19)31-15-14-30-20/h6-7,16,18H,1-5,8-15,17H2. The van der Waals surface area contributed by atoms with E-state index in [0.717, 1.165) is 31.9 Å². The molecule has 3 amide bonds. The molecule has 1 aliphatic carbocycles. The van der Waals surface area contributed by atoms with Crippen molar-refractivity contribution < 1.29 is 19.1 Å². The number of rotatable bonds is 4. The zero-order valence-electron chi connectivity index (χ0n) is 18.1. The quantitative estimate of drug-likeness (QED) is 0.736. The van der Waals surface area contributed by atoms with E-state index < -0.39 is 0 Å². The number of fused-ring (bicyclic) bond motifs is 1. The molecule has 3 heterocycles. The lowest BCUT2D eigenvalue weighted by molar-refractivity contribution is -0.133. The third-order valence-electron chi connectivity index (χ3n) is 7.02. The molecule has 4 aliphatic rings. The Bertz CT molecular complexity index is 818. The lowest BCUT2D eigenvalue weighted by Crippen LogP contribution is -2.54. The van der Waals surface area contributed by atoms with Gasteiger partial charge in [0, 0.05) is 57.1 Å². The van der Waals surface area contributed by atoms with Crippen LogP contribution in [-0.2, 0) is 4.79 Å². The summed E-state index contributed by atoms with van der Waals surface area (Å²) in [7, 11) is 0. The summed E-state index contributed by atoms with van der Waals surface area (Å²) in [5.74, 6) is 1.43. The molecule has 1 aromatic carbocycles. The van der Waals surface area contributed by atoms with Gasteiger partial charge in [0.25, 0.3) is 0 Å². The van der Waals surface area contributed by atoms with Crippen molar-refractivity contribution in [3.8, 4) is 11.5 Å². The first-order chi connectivity index (χ1) is 15.2. The molecule has 8 nitrogen and oxygen atoms in total. The molecular weight excluding hydrogens is 396 g/mol. The average molecular weight is 429 g/mol. The average Bonchev–Trinajstić information content (AvgIpc) is 3.19. The van der Waals surface area contributed by atoms with Gasteiger partial charge in [0.05, 0.1) is 0 Å². The van der Waals surface area contributed by atoms with Gasteiger partial charge in [0.1, 0.15) is 19.8 Å². The highest BCUT2D eigenvalue weighted by Crippen LogP contribution is 2.35. The number of benzene rings is 1. The van der Waals surface area contributed by atoms with Crippen LogP contribution >= 0.6 is 0 Å². The Morgan fingerprint density at radius 1 is 0.903 bits per heavy atom. The molecule has 0 bridgehead atoms. The van der Waals surface area contributed by atoms with Crippen LogP contribution in [0.3, 0.4) is 0 Å². The summed E-state index contributed by atoms with van der Waals surface area (Å²) >= 11 is 0. The first kappa shape index (κ1) is 20.4. The number of hydrogen-bond donors (Lipinski definition) is 0. The van der Waals surface area contributed by atoms with E-state index in [1.807, 2.05) is 23.1 Å². The molecule has 0 N–H and O–H groups in total. The zero-order valence-corrected chi connectivity index (χ0v) is 18.1. The number of amides is 3. The summed E-state index contributed by atoms with van der Waals surface area (Å²) < 4.78 is 11.2. The number of carbonyl (C=O) groups excluding carboxylic acids is 2. The predicted molar refractivity (Wildman–Crippen MR) is 117 cm³/mol. The fraction of sp³-hybridized carbons (Fsp3) is 0.652. The van der Waals surface area contributed by atoms with Gasteiger partial charge < -0.3 is 19.3 Å². The fourth-order valence-corrected chi connectivity index (χ4v) is 5.21. The summed E-state index contributed by atoms with van der Waals surface area (Å²) in [5.41, 5.74) is 0.783. The van der Waals surface area contributed by atoms with Crippen molar-refractivity contribution in [2.75, 3.05) is 63.9 Å². The summed E-state index contributed by atoms with van der Waals surface area (Å²) in [5, 5.41) is 0. The summed E-state index contributed by atoms with van der Waals surface area (Å²) in [6.07, 6.45) is 6.63. The smallest absolute Gasteiger partial charge is 0.325 e. The molecule has 1 aromatic rings. The van der Waals surface area contributed by atoms with Gasteiger partial charge in [0.15, 0.2) is 11.5 Å². The monoisotopic (exact) mass is 428 g/mol. The normalized spacial score (nSPS) is 22.8. The van der Waals surface area contributed by atoms with Gasteiger partial charge in [-0.15, -0.1) is 0 Å². The molecule has 2 saturated heterocycles. The van der Waals surface area contributed by atoms with Crippen LogP contribution < -0.4 is 14.4 Å². The Morgan fingerprint density at radius 2 is 1.65 bits per heavy atom. The third kappa shape index (κ3) is 4.31. The van der Waals surface area contributed by atoms with Crippen molar-refractivity contribution in [3.63, 3.8) is 0 Å². The summed E-state index contributed by atoms with van der Waals surface area (Å²) in [4.78, 5) is 33.7. The number of ether oxygens (including phenoxy) is 2. The van der Waals surface area contributed by atoms with E-state index >= 15 is 0 Å². The molecule has 1 saturated carbocycles. The van der Waals surface area contributed by atoms with Crippen LogP contribution in [0.1, 0.15) is 32.1 Å². The van der Waals surface area contributed by atoms with Crippen LogP contribution in [0.2, 0.25) is 0 Å². The number of urea groups is 1. The second kappa shape index (κ2) is 8.94. The van der Waals surface area contributed by atoms with Crippen LogP contribution in [0.15, 0.2) is 18.2 Å². The van der Waals surface area contributed by atoms with Gasteiger partial charge in [-0.05, 0) is 25.0 Å². The Kier molecular flexibility index (Phi) is 5.89. The van der Waals surface area contributed by atoms with Crippen molar-refractivity contribution in [2.24, 2.45) is 0 Å². The molecule has 8 heteroatoms. The first-order valence-electron chi connectivity index (χ1n) is 11.7. The highest BCUT2D eigenvalue weighted by molar-refractivity contribution is 5.96. The van der Waals surface area contributed by atoms with Crippen LogP contribution in [0.4, 0.5) is 10.5 Å². The molecule has 3 aliphatic heterocycles. The van der Waals surface area contributed by atoms with Crippen molar-refractivity contribution >= 4 is 17.6 Å². The van der Waals surface area contributed by atoms with Crippen molar-refractivity contribution in [2.45, 2.75) is 38.1 Å². The lowest BCUT2D eigenvalue weighted by Gasteiger charge is -2.41. The van der Waals surface area contributed by atoms with Gasteiger partial charge >= 0.3 is 6.03 Å². The minimum Gasteiger partial charge on any atom is -0.486 e. The molecule has 0 spiro atoms. The van der Waals surface area contributed by atoms with Gasteiger partial charge in [-0.1, -0.05) is 19.3 Å². The van der Waals surface area contributed by atoms with E-state index in [9.17, 15) is 9.59 Å².